The predicted molar refractivity (Wildman–Crippen MR) is 70.0 cm³/mol. The van der Waals surface area contributed by atoms with E-state index in [2.05, 4.69) is 46.9 Å². The highest BCUT2D eigenvalue weighted by atomic mass is 15.1. The monoisotopic (exact) mass is 229 g/mol. The summed E-state index contributed by atoms with van der Waals surface area (Å²) >= 11 is 0. The largest absolute Gasteiger partial charge is 0.336 e. The van der Waals surface area contributed by atoms with Crippen LogP contribution in [0.15, 0.2) is 30.6 Å². The minimum Gasteiger partial charge on any atom is -0.336 e. The molecule has 0 amide bonds. The Morgan fingerprint density at radius 3 is 2.59 bits per heavy atom. The fourth-order valence-corrected chi connectivity index (χ4v) is 2.23. The van der Waals surface area contributed by atoms with Crippen molar-refractivity contribution in [1.29, 1.82) is 0 Å². The molecule has 3 nitrogen and oxygen atoms in total. The molecular formula is C14H19N3. The van der Waals surface area contributed by atoms with Gasteiger partial charge in [-0.25, -0.2) is 4.98 Å². The normalized spacial score (nSPS) is 12.7. The Morgan fingerprint density at radius 1 is 1.29 bits per heavy atom. The van der Waals surface area contributed by atoms with Crippen molar-refractivity contribution in [1.82, 2.24) is 14.9 Å². The molecule has 1 atom stereocenters. The summed E-state index contributed by atoms with van der Waals surface area (Å²) in [5, 5.41) is 3.34. The minimum atomic E-state index is 0.149. The van der Waals surface area contributed by atoms with Gasteiger partial charge in [-0.05, 0) is 32.0 Å². The smallest absolute Gasteiger partial charge is 0.130 e. The van der Waals surface area contributed by atoms with Gasteiger partial charge < -0.3 is 9.88 Å². The molecule has 0 aliphatic heterocycles. The maximum Gasteiger partial charge on any atom is 0.130 e. The van der Waals surface area contributed by atoms with Crippen molar-refractivity contribution >= 4 is 0 Å². The molecule has 0 saturated carbocycles. The summed E-state index contributed by atoms with van der Waals surface area (Å²) in [7, 11) is 3.99. The molecule has 0 radical (unpaired) electrons. The average molecular weight is 229 g/mol. The Labute approximate surface area is 103 Å². The van der Waals surface area contributed by atoms with Crippen molar-refractivity contribution in [2.75, 3.05) is 7.05 Å². The molecule has 1 aromatic heterocycles. The van der Waals surface area contributed by atoms with Gasteiger partial charge in [-0.1, -0.05) is 23.8 Å². The average Bonchev–Trinajstić information content (AvgIpc) is 2.69. The van der Waals surface area contributed by atoms with E-state index in [9.17, 15) is 0 Å². The molecule has 3 heteroatoms. The predicted octanol–water partition coefficient (Wildman–Crippen LogP) is 2.35. The highest BCUT2D eigenvalue weighted by molar-refractivity contribution is 5.35. The molecule has 1 unspecified atom stereocenters. The first-order valence-corrected chi connectivity index (χ1v) is 5.85. The molecule has 1 aromatic carbocycles. The Bertz CT molecular complexity index is 514. The van der Waals surface area contributed by atoms with Crippen LogP contribution in [0.4, 0.5) is 0 Å². The van der Waals surface area contributed by atoms with Gasteiger partial charge in [-0.3, -0.25) is 0 Å². The Balaban J connectivity index is 2.46. The number of hydrogen-bond acceptors (Lipinski definition) is 2. The number of imidazole rings is 1. The van der Waals surface area contributed by atoms with E-state index >= 15 is 0 Å². The van der Waals surface area contributed by atoms with Crippen molar-refractivity contribution in [2.24, 2.45) is 7.05 Å². The van der Waals surface area contributed by atoms with E-state index in [1.54, 1.807) is 0 Å². The van der Waals surface area contributed by atoms with Crippen LogP contribution in [0.3, 0.4) is 0 Å². The standard InChI is InChI=1S/C14H19N3/c1-10-5-6-12(11(2)9-10)13(15-3)14-16-7-8-17(14)4/h5-9,13,15H,1-4H3. The molecule has 2 rings (SSSR count). The quantitative estimate of drug-likeness (QED) is 0.875. The van der Waals surface area contributed by atoms with Crippen LogP contribution < -0.4 is 5.32 Å². The van der Waals surface area contributed by atoms with Gasteiger partial charge in [-0.15, -0.1) is 0 Å². The zero-order chi connectivity index (χ0) is 12.4. The summed E-state index contributed by atoms with van der Waals surface area (Å²) in [6, 6.07) is 6.69. The Kier molecular flexibility index (Phi) is 3.29. The third-order valence-electron chi connectivity index (χ3n) is 3.14. The van der Waals surface area contributed by atoms with Gasteiger partial charge in [-0.2, -0.15) is 0 Å². The van der Waals surface area contributed by atoms with Crippen LogP contribution >= 0.6 is 0 Å². The van der Waals surface area contributed by atoms with Gasteiger partial charge in [0.05, 0.1) is 6.04 Å². The lowest BCUT2D eigenvalue weighted by Gasteiger charge is -2.19. The molecule has 1 heterocycles. The van der Waals surface area contributed by atoms with Crippen LogP contribution in [0.1, 0.15) is 28.6 Å². The molecule has 1 N–H and O–H groups in total. The van der Waals surface area contributed by atoms with E-state index in [-0.39, 0.29) is 6.04 Å². The van der Waals surface area contributed by atoms with E-state index in [1.165, 1.54) is 16.7 Å². The fourth-order valence-electron chi connectivity index (χ4n) is 2.23. The topological polar surface area (TPSA) is 29.9 Å². The van der Waals surface area contributed by atoms with Gasteiger partial charge in [0.2, 0.25) is 0 Å². The van der Waals surface area contributed by atoms with Crippen LogP contribution in [0.5, 0.6) is 0 Å². The van der Waals surface area contributed by atoms with Gasteiger partial charge >= 0.3 is 0 Å². The summed E-state index contributed by atoms with van der Waals surface area (Å²) in [5.41, 5.74) is 3.88. The number of hydrogen-bond donors (Lipinski definition) is 1. The van der Waals surface area contributed by atoms with E-state index < -0.39 is 0 Å². The number of benzene rings is 1. The summed E-state index contributed by atoms with van der Waals surface area (Å²) in [6.45, 7) is 4.27. The van der Waals surface area contributed by atoms with Crippen LogP contribution in [-0.4, -0.2) is 16.6 Å². The van der Waals surface area contributed by atoms with E-state index in [1.807, 2.05) is 26.5 Å². The van der Waals surface area contributed by atoms with Crippen LogP contribution in [-0.2, 0) is 7.05 Å². The third kappa shape index (κ3) is 2.24. The van der Waals surface area contributed by atoms with Gasteiger partial charge in [0.25, 0.3) is 0 Å². The molecule has 17 heavy (non-hydrogen) atoms. The molecule has 0 aliphatic rings. The molecule has 0 bridgehead atoms. The molecule has 0 spiro atoms. The van der Waals surface area contributed by atoms with E-state index in [4.69, 9.17) is 0 Å². The zero-order valence-electron chi connectivity index (χ0n) is 10.9. The fraction of sp³-hybridized carbons (Fsp3) is 0.357. The second kappa shape index (κ2) is 4.72. The van der Waals surface area contributed by atoms with Crippen LogP contribution in [0.25, 0.3) is 0 Å². The van der Waals surface area contributed by atoms with Crippen molar-refractivity contribution in [2.45, 2.75) is 19.9 Å². The molecule has 0 fully saturated rings. The van der Waals surface area contributed by atoms with Crippen molar-refractivity contribution in [3.05, 3.63) is 53.1 Å². The number of rotatable bonds is 3. The minimum absolute atomic E-state index is 0.149. The highest BCUT2D eigenvalue weighted by Gasteiger charge is 2.17. The number of nitrogens with one attached hydrogen (secondary N) is 1. The molecule has 0 aliphatic carbocycles. The lowest BCUT2D eigenvalue weighted by atomic mass is 9.99. The first kappa shape index (κ1) is 11.9. The highest BCUT2D eigenvalue weighted by Crippen LogP contribution is 2.23. The van der Waals surface area contributed by atoms with E-state index in [0.29, 0.717) is 0 Å². The number of nitrogens with zero attached hydrogens (tertiary/aromatic N) is 2. The molecular weight excluding hydrogens is 210 g/mol. The molecule has 2 aromatic rings. The van der Waals surface area contributed by atoms with E-state index in [0.717, 1.165) is 5.82 Å². The Morgan fingerprint density at radius 2 is 2.06 bits per heavy atom. The van der Waals surface area contributed by atoms with Gasteiger partial charge in [0.1, 0.15) is 5.82 Å². The van der Waals surface area contributed by atoms with Gasteiger partial charge in [0, 0.05) is 19.4 Å². The molecule has 0 saturated heterocycles. The van der Waals surface area contributed by atoms with Crippen molar-refractivity contribution in [3.63, 3.8) is 0 Å². The lowest BCUT2D eigenvalue weighted by Crippen LogP contribution is -2.22. The third-order valence-corrected chi connectivity index (χ3v) is 3.14. The number of aryl methyl sites for hydroxylation is 3. The lowest BCUT2D eigenvalue weighted by molar-refractivity contribution is 0.614. The summed E-state index contributed by atoms with van der Waals surface area (Å²) in [5.74, 6) is 1.04. The van der Waals surface area contributed by atoms with Gasteiger partial charge in [0.15, 0.2) is 0 Å². The summed E-state index contributed by atoms with van der Waals surface area (Å²) < 4.78 is 2.06. The number of aromatic nitrogens is 2. The zero-order valence-corrected chi connectivity index (χ0v) is 10.9. The second-order valence-electron chi connectivity index (χ2n) is 4.48. The maximum absolute atomic E-state index is 4.43. The van der Waals surface area contributed by atoms with Crippen LogP contribution in [0.2, 0.25) is 0 Å². The SMILES string of the molecule is CNC(c1ccc(C)cc1C)c1nccn1C. The first-order chi connectivity index (χ1) is 8.13. The summed E-state index contributed by atoms with van der Waals surface area (Å²) in [6.07, 6.45) is 3.81. The maximum atomic E-state index is 4.43. The van der Waals surface area contributed by atoms with Crippen molar-refractivity contribution < 1.29 is 0 Å². The van der Waals surface area contributed by atoms with Crippen LogP contribution in [0, 0.1) is 13.8 Å². The first-order valence-electron chi connectivity index (χ1n) is 5.85. The molecule has 90 valence electrons. The van der Waals surface area contributed by atoms with Crippen molar-refractivity contribution in [3.8, 4) is 0 Å². The summed E-state index contributed by atoms with van der Waals surface area (Å²) in [4.78, 5) is 4.43. The Hall–Kier alpha value is -1.61. The second-order valence-corrected chi connectivity index (χ2v) is 4.48.